The second-order valence-corrected chi connectivity index (χ2v) is 6.43. The Labute approximate surface area is 114 Å². The summed E-state index contributed by atoms with van der Waals surface area (Å²) < 4.78 is 37.1. The first-order valence-electron chi connectivity index (χ1n) is 7.73. The third-order valence-corrected chi connectivity index (χ3v) is 5.26. The van der Waals surface area contributed by atoms with E-state index < -0.39 is 12.6 Å². The molecule has 112 valence electrons. The highest BCUT2D eigenvalue weighted by Crippen LogP contribution is 2.44. The SMILES string of the molecule is CNC(CCC(F)(F)F)C1CCC2CCCCC2C1. The Morgan fingerprint density at radius 2 is 1.74 bits per heavy atom. The van der Waals surface area contributed by atoms with E-state index in [2.05, 4.69) is 5.32 Å². The lowest BCUT2D eigenvalue weighted by molar-refractivity contribution is -0.137. The van der Waals surface area contributed by atoms with Gasteiger partial charge in [0, 0.05) is 12.5 Å². The van der Waals surface area contributed by atoms with Crippen LogP contribution in [0, 0.1) is 17.8 Å². The van der Waals surface area contributed by atoms with E-state index in [-0.39, 0.29) is 12.5 Å². The van der Waals surface area contributed by atoms with Crippen molar-refractivity contribution in [2.75, 3.05) is 7.05 Å². The minimum atomic E-state index is -4.02. The normalized spacial score (nSPS) is 33.8. The molecule has 2 saturated carbocycles. The summed E-state index contributed by atoms with van der Waals surface area (Å²) in [7, 11) is 1.81. The lowest BCUT2D eigenvalue weighted by Gasteiger charge is -2.42. The molecule has 0 aromatic carbocycles. The van der Waals surface area contributed by atoms with Crippen molar-refractivity contribution in [1.29, 1.82) is 0 Å². The van der Waals surface area contributed by atoms with Crippen molar-refractivity contribution in [3.05, 3.63) is 0 Å². The number of fused-ring (bicyclic) bond motifs is 1. The molecule has 2 fully saturated rings. The Hall–Kier alpha value is -0.250. The summed E-state index contributed by atoms with van der Waals surface area (Å²) in [4.78, 5) is 0. The van der Waals surface area contributed by atoms with Gasteiger partial charge >= 0.3 is 6.18 Å². The topological polar surface area (TPSA) is 12.0 Å². The largest absolute Gasteiger partial charge is 0.389 e. The zero-order valence-corrected chi connectivity index (χ0v) is 11.8. The summed E-state index contributed by atoms with van der Waals surface area (Å²) in [5.41, 5.74) is 0. The molecule has 0 amide bonds. The molecule has 4 heteroatoms. The Morgan fingerprint density at radius 3 is 2.37 bits per heavy atom. The van der Waals surface area contributed by atoms with E-state index >= 15 is 0 Å². The molecular formula is C15H26F3N. The highest BCUT2D eigenvalue weighted by molar-refractivity contribution is 4.88. The van der Waals surface area contributed by atoms with Gasteiger partial charge in [-0.1, -0.05) is 25.7 Å². The molecule has 2 aliphatic carbocycles. The van der Waals surface area contributed by atoms with Crippen LogP contribution in [0.1, 0.15) is 57.8 Å². The molecule has 1 N–H and O–H groups in total. The summed E-state index contributed by atoms with van der Waals surface area (Å²) in [6.07, 6.45) is 4.40. The van der Waals surface area contributed by atoms with Gasteiger partial charge in [0.15, 0.2) is 0 Å². The monoisotopic (exact) mass is 277 g/mol. The molecule has 0 radical (unpaired) electrons. The van der Waals surface area contributed by atoms with Gasteiger partial charge in [-0.15, -0.1) is 0 Å². The molecule has 0 spiro atoms. The van der Waals surface area contributed by atoms with Gasteiger partial charge < -0.3 is 5.32 Å². The minimum absolute atomic E-state index is 0.0458. The minimum Gasteiger partial charge on any atom is -0.317 e. The van der Waals surface area contributed by atoms with Gasteiger partial charge in [0.1, 0.15) is 0 Å². The molecule has 2 aliphatic rings. The van der Waals surface area contributed by atoms with Crippen molar-refractivity contribution < 1.29 is 13.2 Å². The maximum Gasteiger partial charge on any atom is 0.389 e. The van der Waals surface area contributed by atoms with Gasteiger partial charge in [-0.2, -0.15) is 13.2 Å². The second-order valence-electron chi connectivity index (χ2n) is 6.43. The van der Waals surface area contributed by atoms with E-state index in [1.807, 2.05) is 7.05 Å². The maximum absolute atomic E-state index is 12.4. The van der Waals surface area contributed by atoms with Gasteiger partial charge in [0.25, 0.3) is 0 Å². The van der Waals surface area contributed by atoms with Crippen LogP contribution in [0.2, 0.25) is 0 Å². The predicted molar refractivity (Wildman–Crippen MR) is 70.9 cm³/mol. The first-order chi connectivity index (χ1) is 8.99. The molecule has 2 rings (SSSR count). The summed E-state index contributed by atoms with van der Waals surface area (Å²) >= 11 is 0. The third-order valence-electron chi connectivity index (χ3n) is 5.26. The third kappa shape index (κ3) is 4.37. The number of hydrogen-bond donors (Lipinski definition) is 1. The van der Waals surface area contributed by atoms with Gasteiger partial charge in [-0.05, 0) is 50.5 Å². The van der Waals surface area contributed by atoms with Crippen LogP contribution in [0.5, 0.6) is 0 Å². The van der Waals surface area contributed by atoms with Crippen molar-refractivity contribution in [2.24, 2.45) is 17.8 Å². The first kappa shape index (κ1) is 15.1. The van der Waals surface area contributed by atoms with Crippen molar-refractivity contribution in [1.82, 2.24) is 5.32 Å². The van der Waals surface area contributed by atoms with Crippen LogP contribution in [0.25, 0.3) is 0 Å². The summed E-state index contributed by atoms with van der Waals surface area (Å²) in [5.74, 6) is 2.10. The first-order valence-corrected chi connectivity index (χ1v) is 7.73. The van der Waals surface area contributed by atoms with E-state index in [4.69, 9.17) is 0 Å². The smallest absolute Gasteiger partial charge is 0.317 e. The fourth-order valence-electron chi connectivity index (χ4n) is 4.21. The molecule has 1 nitrogen and oxygen atoms in total. The summed E-state index contributed by atoms with van der Waals surface area (Å²) in [5, 5.41) is 3.14. The van der Waals surface area contributed by atoms with E-state index in [0.717, 1.165) is 24.7 Å². The van der Waals surface area contributed by atoms with Crippen molar-refractivity contribution in [3.8, 4) is 0 Å². The zero-order chi connectivity index (χ0) is 13.9. The standard InChI is InChI=1S/C15H26F3N/c1-19-14(8-9-15(16,17)18)13-7-6-11-4-2-3-5-12(11)10-13/h11-14,19H,2-10H2,1H3. The Kier molecular flexibility index (Phi) is 5.15. The molecule has 0 heterocycles. The quantitative estimate of drug-likeness (QED) is 0.796. The lowest BCUT2D eigenvalue weighted by Crippen LogP contribution is -2.40. The number of nitrogens with one attached hydrogen (secondary N) is 1. The number of alkyl halides is 3. The number of rotatable bonds is 4. The maximum atomic E-state index is 12.4. The summed E-state index contributed by atoms with van der Waals surface area (Å²) in [6, 6.07) is 0.0458. The van der Waals surface area contributed by atoms with Crippen LogP contribution < -0.4 is 5.32 Å². The highest BCUT2D eigenvalue weighted by Gasteiger charge is 2.36. The molecule has 0 saturated heterocycles. The fraction of sp³-hybridized carbons (Fsp3) is 1.00. The molecule has 0 aromatic rings. The van der Waals surface area contributed by atoms with Gasteiger partial charge in [0.2, 0.25) is 0 Å². The van der Waals surface area contributed by atoms with Crippen LogP contribution in [0.15, 0.2) is 0 Å². The van der Waals surface area contributed by atoms with Crippen LogP contribution in [0.4, 0.5) is 13.2 Å². The van der Waals surface area contributed by atoms with Gasteiger partial charge in [-0.3, -0.25) is 0 Å². The molecule has 0 bridgehead atoms. The van der Waals surface area contributed by atoms with Crippen LogP contribution >= 0.6 is 0 Å². The van der Waals surface area contributed by atoms with E-state index in [1.54, 1.807) is 0 Å². The molecule has 0 aliphatic heterocycles. The molecule has 4 unspecified atom stereocenters. The zero-order valence-electron chi connectivity index (χ0n) is 11.8. The second kappa shape index (κ2) is 6.47. The Bertz CT molecular complexity index is 277. The molecule has 0 aromatic heterocycles. The molecule has 19 heavy (non-hydrogen) atoms. The Morgan fingerprint density at radius 1 is 1.05 bits per heavy atom. The average Bonchev–Trinajstić information content (AvgIpc) is 2.38. The van der Waals surface area contributed by atoms with Crippen LogP contribution in [0.3, 0.4) is 0 Å². The van der Waals surface area contributed by atoms with E-state index in [9.17, 15) is 13.2 Å². The summed E-state index contributed by atoms with van der Waals surface area (Å²) in [6.45, 7) is 0. The Balaban J connectivity index is 1.85. The van der Waals surface area contributed by atoms with Crippen molar-refractivity contribution >= 4 is 0 Å². The molecular weight excluding hydrogens is 251 g/mol. The van der Waals surface area contributed by atoms with Gasteiger partial charge in [0.05, 0.1) is 0 Å². The highest BCUT2D eigenvalue weighted by atomic mass is 19.4. The van der Waals surface area contributed by atoms with Crippen molar-refractivity contribution in [2.45, 2.75) is 70.0 Å². The van der Waals surface area contributed by atoms with Crippen LogP contribution in [-0.2, 0) is 0 Å². The lowest BCUT2D eigenvalue weighted by atomic mass is 9.66. The van der Waals surface area contributed by atoms with Crippen molar-refractivity contribution in [3.63, 3.8) is 0 Å². The number of halogens is 3. The predicted octanol–water partition coefficient (Wildman–Crippen LogP) is 4.52. The van der Waals surface area contributed by atoms with Crippen LogP contribution in [-0.4, -0.2) is 19.3 Å². The van der Waals surface area contributed by atoms with E-state index in [0.29, 0.717) is 5.92 Å². The number of hydrogen-bond acceptors (Lipinski definition) is 1. The average molecular weight is 277 g/mol. The van der Waals surface area contributed by atoms with E-state index in [1.165, 1.54) is 32.1 Å². The van der Waals surface area contributed by atoms with Gasteiger partial charge in [-0.25, -0.2) is 0 Å². The molecule has 4 atom stereocenters. The fourth-order valence-corrected chi connectivity index (χ4v) is 4.21.